The van der Waals surface area contributed by atoms with Crippen LogP contribution in [0.3, 0.4) is 0 Å². The molecule has 0 saturated heterocycles. The highest BCUT2D eigenvalue weighted by Gasteiger charge is 2.29. The molecule has 0 aromatic heterocycles. The molecule has 0 aliphatic rings. The Kier molecular flexibility index (Phi) is 5.55. The highest BCUT2D eigenvalue weighted by atomic mass is 16.5. The van der Waals surface area contributed by atoms with Gasteiger partial charge in [-0.1, -0.05) is 12.1 Å². The summed E-state index contributed by atoms with van der Waals surface area (Å²) in [7, 11) is 1.22. The van der Waals surface area contributed by atoms with E-state index in [0.717, 1.165) is 0 Å². The van der Waals surface area contributed by atoms with E-state index in [0.29, 0.717) is 11.1 Å². The van der Waals surface area contributed by atoms with Crippen molar-refractivity contribution in [1.82, 2.24) is 0 Å². The van der Waals surface area contributed by atoms with Gasteiger partial charge >= 0.3 is 11.9 Å². The first-order valence-electron chi connectivity index (χ1n) is 5.85. The van der Waals surface area contributed by atoms with Crippen LogP contribution in [0.15, 0.2) is 24.3 Å². The van der Waals surface area contributed by atoms with Crippen LogP contribution >= 0.6 is 0 Å². The molecule has 5 nitrogen and oxygen atoms in total. The van der Waals surface area contributed by atoms with Gasteiger partial charge in [-0.05, 0) is 31.0 Å². The summed E-state index contributed by atoms with van der Waals surface area (Å²) >= 11 is 0. The maximum absolute atomic E-state index is 11.7. The average molecular weight is 261 g/mol. The molecule has 1 aromatic carbocycles. The normalized spacial score (nSPS) is 11.2. The first-order chi connectivity index (χ1) is 9.12. The summed E-state index contributed by atoms with van der Waals surface area (Å²) in [6, 6.07) is 8.74. The van der Waals surface area contributed by atoms with Crippen molar-refractivity contribution in [2.45, 2.75) is 13.3 Å². The molecule has 0 bridgehead atoms. The molecule has 5 heteroatoms. The first-order valence-corrected chi connectivity index (χ1v) is 5.85. The van der Waals surface area contributed by atoms with Crippen LogP contribution in [0.1, 0.15) is 18.1 Å². The number of carbonyl (C=O) groups excluding carboxylic acids is 2. The molecule has 0 aliphatic carbocycles. The number of nitriles is 1. The Morgan fingerprint density at radius 2 is 2.11 bits per heavy atom. The second-order valence-electron chi connectivity index (χ2n) is 3.84. The Hall–Kier alpha value is -2.35. The van der Waals surface area contributed by atoms with E-state index in [1.54, 1.807) is 31.2 Å². The molecule has 0 spiro atoms. The summed E-state index contributed by atoms with van der Waals surface area (Å²) in [4.78, 5) is 23.3. The topological polar surface area (TPSA) is 76.4 Å². The lowest BCUT2D eigenvalue weighted by molar-refractivity contribution is -0.160. The van der Waals surface area contributed by atoms with E-state index in [1.807, 2.05) is 6.07 Å². The quantitative estimate of drug-likeness (QED) is 0.592. The summed E-state index contributed by atoms with van der Waals surface area (Å²) in [5.41, 5.74) is 1.19. The number of hydrogen-bond donors (Lipinski definition) is 0. The first kappa shape index (κ1) is 14.7. The molecule has 0 N–H and O–H groups in total. The van der Waals surface area contributed by atoms with Crippen molar-refractivity contribution in [1.29, 1.82) is 5.26 Å². The monoisotopic (exact) mass is 261 g/mol. The van der Waals surface area contributed by atoms with Gasteiger partial charge in [-0.3, -0.25) is 9.59 Å². The predicted octanol–water partition coefficient (Wildman–Crippen LogP) is 1.45. The van der Waals surface area contributed by atoms with Gasteiger partial charge in [0.05, 0.1) is 25.3 Å². The van der Waals surface area contributed by atoms with Crippen molar-refractivity contribution < 1.29 is 19.1 Å². The number of ether oxygens (including phenoxy) is 2. The summed E-state index contributed by atoms with van der Waals surface area (Å²) < 4.78 is 9.45. The number of hydrogen-bond acceptors (Lipinski definition) is 5. The third kappa shape index (κ3) is 4.11. The number of nitrogens with zero attached hydrogens (tertiary/aromatic N) is 1. The Bertz CT molecular complexity index is 504. The number of rotatable bonds is 5. The van der Waals surface area contributed by atoms with Crippen molar-refractivity contribution in [3.8, 4) is 6.07 Å². The Morgan fingerprint density at radius 1 is 1.37 bits per heavy atom. The lowest BCUT2D eigenvalue weighted by Crippen LogP contribution is -2.29. The SMILES string of the molecule is CCOC(=O)C(Cc1cccc(C#N)c1)C(=O)OC. The number of esters is 2. The Morgan fingerprint density at radius 3 is 2.68 bits per heavy atom. The fraction of sp³-hybridized carbons (Fsp3) is 0.357. The highest BCUT2D eigenvalue weighted by molar-refractivity contribution is 5.95. The second-order valence-corrected chi connectivity index (χ2v) is 3.84. The zero-order valence-electron chi connectivity index (χ0n) is 10.9. The van der Waals surface area contributed by atoms with Crippen molar-refractivity contribution in [2.75, 3.05) is 13.7 Å². The molecule has 0 aliphatic heterocycles. The molecule has 0 saturated carbocycles. The van der Waals surface area contributed by atoms with Gasteiger partial charge in [0.25, 0.3) is 0 Å². The molecule has 1 aromatic rings. The minimum absolute atomic E-state index is 0.154. The third-order valence-electron chi connectivity index (χ3n) is 2.55. The van der Waals surface area contributed by atoms with Crippen LogP contribution in [0.4, 0.5) is 0 Å². The molecule has 0 heterocycles. The van der Waals surface area contributed by atoms with E-state index in [1.165, 1.54) is 7.11 Å². The second kappa shape index (κ2) is 7.17. The van der Waals surface area contributed by atoms with Crippen LogP contribution in [-0.4, -0.2) is 25.7 Å². The van der Waals surface area contributed by atoms with Crippen molar-refractivity contribution in [3.05, 3.63) is 35.4 Å². The Labute approximate surface area is 111 Å². The van der Waals surface area contributed by atoms with Crippen LogP contribution in [0.5, 0.6) is 0 Å². The summed E-state index contributed by atoms with van der Waals surface area (Å²) in [5.74, 6) is -2.25. The van der Waals surface area contributed by atoms with E-state index >= 15 is 0 Å². The minimum atomic E-state index is -1.00. The van der Waals surface area contributed by atoms with E-state index in [-0.39, 0.29) is 13.0 Å². The van der Waals surface area contributed by atoms with Gasteiger partial charge < -0.3 is 9.47 Å². The average Bonchev–Trinajstić information content (AvgIpc) is 2.44. The van der Waals surface area contributed by atoms with Crippen LogP contribution in [-0.2, 0) is 25.5 Å². The van der Waals surface area contributed by atoms with E-state index in [2.05, 4.69) is 4.74 Å². The molecule has 1 unspecified atom stereocenters. The van der Waals surface area contributed by atoms with E-state index < -0.39 is 17.9 Å². The smallest absolute Gasteiger partial charge is 0.320 e. The fourth-order valence-electron chi connectivity index (χ4n) is 1.65. The number of benzene rings is 1. The Balaban J connectivity index is 2.91. The minimum Gasteiger partial charge on any atom is -0.468 e. The van der Waals surface area contributed by atoms with Crippen molar-refractivity contribution in [2.24, 2.45) is 5.92 Å². The maximum atomic E-state index is 11.7. The summed E-state index contributed by atoms with van der Waals surface area (Å²) in [6.07, 6.45) is 0.154. The molecular weight excluding hydrogens is 246 g/mol. The molecule has 0 amide bonds. The van der Waals surface area contributed by atoms with Crippen LogP contribution in [0, 0.1) is 17.2 Å². The van der Waals surface area contributed by atoms with Crippen LogP contribution < -0.4 is 0 Å². The van der Waals surface area contributed by atoms with Gasteiger partial charge in [0.15, 0.2) is 5.92 Å². The van der Waals surface area contributed by atoms with Gasteiger partial charge in [-0.15, -0.1) is 0 Å². The van der Waals surface area contributed by atoms with E-state index in [9.17, 15) is 9.59 Å². The lowest BCUT2D eigenvalue weighted by Gasteiger charge is -2.13. The zero-order valence-corrected chi connectivity index (χ0v) is 10.9. The predicted molar refractivity (Wildman–Crippen MR) is 67.0 cm³/mol. The molecular formula is C14H15NO4. The molecule has 0 radical (unpaired) electrons. The fourth-order valence-corrected chi connectivity index (χ4v) is 1.65. The summed E-state index contributed by atoms with van der Waals surface area (Å²) in [6.45, 7) is 1.87. The van der Waals surface area contributed by atoms with Gasteiger partial charge in [0.1, 0.15) is 0 Å². The molecule has 1 rings (SSSR count). The van der Waals surface area contributed by atoms with Crippen LogP contribution in [0.2, 0.25) is 0 Å². The van der Waals surface area contributed by atoms with Crippen LogP contribution in [0.25, 0.3) is 0 Å². The van der Waals surface area contributed by atoms with Gasteiger partial charge in [-0.2, -0.15) is 5.26 Å². The summed E-state index contributed by atoms with van der Waals surface area (Å²) in [5, 5.41) is 8.81. The standard InChI is InChI=1S/C14H15NO4/c1-3-19-14(17)12(13(16)18-2)8-10-5-4-6-11(7-10)9-15/h4-7,12H,3,8H2,1-2H3. The molecule has 100 valence electrons. The van der Waals surface area contributed by atoms with Gasteiger partial charge in [0.2, 0.25) is 0 Å². The molecule has 19 heavy (non-hydrogen) atoms. The lowest BCUT2D eigenvalue weighted by atomic mass is 9.98. The molecule has 0 fully saturated rings. The number of carbonyl (C=O) groups is 2. The van der Waals surface area contributed by atoms with Crippen molar-refractivity contribution in [3.63, 3.8) is 0 Å². The zero-order chi connectivity index (χ0) is 14.3. The molecule has 1 atom stereocenters. The van der Waals surface area contributed by atoms with Gasteiger partial charge in [0, 0.05) is 0 Å². The maximum Gasteiger partial charge on any atom is 0.320 e. The van der Waals surface area contributed by atoms with Gasteiger partial charge in [-0.25, -0.2) is 0 Å². The highest BCUT2D eigenvalue weighted by Crippen LogP contribution is 2.14. The number of methoxy groups -OCH3 is 1. The van der Waals surface area contributed by atoms with E-state index in [4.69, 9.17) is 10.00 Å². The largest absolute Gasteiger partial charge is 0.468 e. The third-order valence-corrected chi connectivity index (χ3v) is 2.55. The van der Waals surface area contributed by atoms with Crippen molar-refractivity contribution >= 4 is 11.9 Å².